The molecule has 1 saturated carbocycles. The number of aryl methyl sites for hydroxylation is 1. The van der Waals surface area contributed by atoms with Crippen molar-refractivity contribution in [2.45, 2.75) is 46.1 Å². The molecule has 3 heteroatoms. The predicted octanol–water partition coefficient (Wildman–Crippen LogP) is 3.93. The molecule has 2 rings (SSSR count). The standard InChI is InChI=1S/C16H23NO2/c1-10-7-8-13(9-12(10)3)17-15-11(2)5-4-6-14(15)16(18)19/h4-6,10,12-13,17H,7-9H2,1-3H3,(H,18,19). The quantitative estimate of drug-likeness (QED) is 0.866. The van der Waals surface area contributed by atoms with Crippen LogP contribution >= 0.6 is 0 Å². The third-order valence-electron chi connectivity index (χ3n) is 4.45. The van der Waals surface area contributed by atoms with E-state index in [0.717, 1.165) is 30.0 Å². The van der Waals surface area contributed by atoms with Crippen LogP contribution in [0.3, 0.4) is 0 Å². The maximum absolute atomic E-state index is 11.3. The average molecular weight is 261 g/mol. The highest BCUT2D eigenvalue weighted by Crippen LogP contribution is 2.32. The number of hydrogen-bond acceptors (Lipinski definition) is 2. The van der Waals surface area contributed by atoms with Crippen molar-refractivity contribution in [1.29, 1.82) is 0 Å². The Labute approximate surface area is 115 Å². The summed E-state index contributed by atoms with van der Waals surface area (Å²) >= 11 is 0. The minimum absolute atomic E-state index is 0.381. The largest absolute Gasteiger partial charge is 0.478 e. The van der Waals surface area contributed by atoms with E-state index in [1.54, 1.807) is 12.1 Å². The number of anilines is 1. The van der Waals surface area contributed by atoms with Gasteiger partial charge in [-0.3, -0.25) is 0 Å². The van der Waals surface area contributed by atoms with Gasteiger partial charge in [-0.05, 0) is 49.7 Å². The van der Waals surface area contributed by atoms with Crippen molar-refractivity contribution in [2.75, 3.05) is 5.32 Å². The molecule has 0 aromatic heterocycles. The molecule has 1 aromatic rings. The van der Waals surface area contributed by atoms with Crippen LogP contribution in [-0.4, -0.2) is 17.1 Å². The van der Waals surface area contributed by atoms with Crippen molar-refractivity contribution in [3.63, 3.8) is 0 Å². The zero-order valence-corrected chi connectivity index (χ0v) is 11.9. The molecule has 0 saturated heterocycles. The molecule has 3 atom stereocenters. The lowest BCUT2D eigenvalue weighted by atomic mass is 9.79. The molecule has 0 radical (unpaired) electrons. The minimum atomic E-state index is -0.858. The topological polar surface area (TPSA) is 49.3 Å². The zero-order valence-electron chi connectivity index (χ0n) is 11.9. The summed E-state index contributed by atoms with van der Waals surface area (Å²) in [6.07, 6.45) is 3.46. The molecule has 0 heterocycles. The Balaban J connectivity index is 2.17. The second-order valence-electron chi connectivity index (χ2n) is 5.91. The summed E-state index contributed by atoms with van der Waals surface area (Å²) in [5.74, 6) is 0.612. The molecule has 19 heavy (non-hydrogen) atoms. The van der Waals surface area contributed by atoms with Crippen molar-refractivity contribution in [1.82, 2.24) is 0 Å². The number of aromatic carboxylic acids is 1. The lowest BCUT2D eigenvalue weighted by Crippen LogP contribution is -2.31. The molecule has 3 unspecified atom stereocenters. The van der Waals surface area contributed by atoms with Crippen molar-refractivity contribution in [2.24, 2.45) is 11.8 Å². The summed E-state index contributed by atoms with van der Waals surface area (Å²) in [7, 11) is 0. The van der Waals surface area contributed by atoms with Gasteiger partial charge in [0.05, 0.1) is 11.3 Å². The van der Waals surface area contributed by atoms with Crippen molar-refractivity contribution < 1.29 is 9.90 Å². The van der Waals surface area contributed by atoms with Crippen LogP contribution in [0.25, 0.3) is 0 Å². The first-order chi connectivity index (χ1) is 8.99. The Morgan fingerprint density at radius 1 is 1.26 bits per heavy atom. The molecule has 2 N–H and O–H groups in total. The van der Waals surface area contributed by atoms with Crippen LogP contribution in [0.5, 0.6) is 0 Å². The van der Waals surface area contributed by atoms with E-state index in [9.17, 15) is 9.90 Å². The number of nitrogens with one attached hydrogen (secondary N) is 1. The van der Waals surface area contributed by atoms with E-state index in [2.05, 4.69) is 19.2 Å². The third-order valence-corrected chi connectivity index (χ3v) is 4.45. The highest BCUT2D eigenvalue weighted by atomic mass is 16.4. The highest BCUT2D eigenvalue weighted by Gasteiger charge is 2.25. The van der Waals surface area contributed by atoms with Crippen molar-refractivity contribution >= 4 is 11.7 Å². The molecule has 1 aromatic carbocycles. The summed E-state index contributed by atoms with van der Waals surface area (Å²) in [5.41, 5.74) is 2.18. The highest BCUT2D eigenvalue weighted by molar-refractivity contribution is 5.95. The summed E-state index contributed by atoms with van der Waals surface area (Å²) in [4.78, 5) is 11.3. The molecule has 0 amide bonds. The van der Waals surface area contributed by atoms with Crippen LogP contribution in [0.4, 0.5) is 5.69 Å². The summed E-state index contributed by atoms with van der Waals surface area (Å²) < 4.78 is 0. The fraction of sp³-hybridized carbons (Fsp3) is 0.562. The molecular weight excluding hydrogens is 238 g/mol. The van der Waals surface area contributed by atoms with Crippen molar-refractivity contribution in [3.8, 4) is 0 Å². The van der Waals surface area contributed by atoms with E-state index in [0.29, 0.717) is 17.5 Å². The maximum atomic E-state index is 11.3. The summed E-state index contributed by atoms with van der Waals surface area (Å²) in [5, 5.41) is 12.7. The second-order valence-corrected chi connectivity index (χ2v) is 5.91. The van der Waals surface area contributed by atoms with Gasteiger partial charge in [-0.15, -0.1) is 0 Å². The summed E-state index contributed by atoms with van der Waals surface area (Å²) in [6, 6.07) is 5.83. The first kappa shape index (κ1) is 13.9. The molecule has 1 aliphatic rings. The average Bonchev–Trinajstić information content (AvgIpc) is 2.36. The predicted molar refractivity (Wildman–Crippen MR) is 77.7 cm³/mol. The van der Waals surface area contributed by atoms with E-state index in [1.807, 2.05) is 13.0 Å². The molecule has 0 bridgehead atoms. The zero-order chi connectivity index (χ0) is 14.0. The summed E-state index contributed by atoms with van der Waals surface area (Å²) in [6.45, 7) is 6.55. The van der Waals surface area contributed by atoms with Gasteiger partial charge in [0.25, 0.3) is 0 Å². The maximum Gasteiger partial charge on any atom is 0.337 e. The first-order valence-electron chi connectivity index (χ1n) is 7.08. The lowest BCUT2D eigenvalue weighted by Gasteiger charge is -2.33. The molecule has 3 nitrogen and oxygen atoms in total. The van der Waals surface area contributed by atoms with Gasteiger partial charge in [0, 0.05) is 6.04 Å². The van der Waals surface area contributed by atoms with Gasteiger partial charge in [-0.1, -0.05) is 26.0 Å². The normalized spacial score (nSPS) is 27.0. The molecular formula is C16H23NO2. The molecule has 0 spiro atoms. The molecule has 1 fully saturated rings. The Bertz CT molecular complexity index is 470. The van der Waals surface area contributed by atoms with Crippen molar-refractivity contribution in [3.05, 3.63) is 29.3 Å². The van der Waals surface area contributed by atoms with E-state index >= 15 is 0 Å². The van der Waals surface area contributed by atoms with Crippen LogP contribution in [-0.2, 0) is 0 Å². The minimum Gasteiger partial charge on any atom is -0.478 e. The first-order valence-corrected chi connectivity index (χ1v) is 7.08. The van der Waals surface area contributed by atoms with Crippen LogP contribution in [0.2, 0.25) is 0 Å². The molecule has 1 aliphatic carbocycles. The lowest BCUT2D eigenvalue weighted by molar-refractivity contribution is 0.0697. The van der Waals surface area contributed by atoms with Gasteiger partial charge in [0.1, 0.15) is 0 Å². The second kappa shape index (κ2) is 5.64. The van der Waals surface area contributed by atoms with E-state index < -0.39 is 5.97 Å². The third kappa shape index (κ3) is 3.09. The number of carboxylic acids is 1. The monoisotopic (exact) mass is 261 g/mol. The van der Waals surface area contributed by atoms with Gasteiger partial charge in [-0.2, -0.15) is 0 Å². The van der Waals surface area contributed by atoms with E-state index in [4.69, 9.17) is 0 Å². The van der Waals surface area contributed by atoms with Crippen LogP contribution in [0.15, 0.2) is 18.2 Å². The SMILES string of the molecule is Cc1cccc(C(=O)O)c1NC1CCC(C)C(C)C1. The number of rotatable bonds is 3. The van der Waals surface area contributed by atoms with Gasteiger partial charge < -0.3 is 10.4 Å². The fourth-order valence-electron chi connectivity index (χ4n) is 2.92. The number of carbonyl (C=O) groups is 1. The van der Waals surface area contributed by atoms with E-state index in [1.165, 1.54) is 6.42 Å². The van der Waals surface area contributed by atoms with Crippen LogP contribution in [0.1, 0.15) is 49.0 Å². The van der Waals surface area contributed by atoms with Gasteiger partial charge in [0.2, 0.25) is 0 Å². The smallest absolute Gasteiger partial charge is 0.337 e. The van der Waals surface area contributed by atoms with Gasteiger partial charge >= 0.3 is 5.97 Å². The number of hydrogen-bond donors (Lipinski definition) is 2. The van der Waals surface area contributed by atoms with Crippen LogP contribution in [0, 0.1) is 18.8 Å². The number of para-hydroxylation sites is 1. The number of benzene rings is 1. The Morgan fingerprint density at radius 2 is 2.00 bits per heavy atom. The Morgan fingerprint density at radius 3 is 2.63 bits per heavy atom. The molecule has 104 valence electrons. The van der Waals surface area contributed by atoms with Crippen LogP contribution < -0.4 is 5.32 Å². The van der Waals surface area contributed by atoms with Gasteiger partial charge in [-0.25, -0.2) is 4.79 Å². The number of carboxylic acid groups (broad SMARTS) is 1. The Hall–Kier alpha value is -1.51. The van der Waals surface area contributed by atoms with E-state index in [-0.39, 0.29) is 0 Å². The molecule has 0 aliphatic heterocycles. The fourth-order valence-corrected chi connectivity index (χ4v) is 2.92. The Kier molecular flexibility index (Phi) is 4.13. The van der Waals surface area contributed by atoms with Gasteiger partial charge in [0.15, 0.2) is 0 Å².